The number of benzene rings is 1. The van der Waals surface area contributed by atoms with Crippen molar-refractivity contribution < 1.29 is 0 Å². The molecule has 0 bridgehead atoms. The van der Waals surface area contributed by atoms with Crippen LogP contribution in [0.4, 0.5) is 0 Å². The van der Waals surface area contributed by atoms with Crippen LogP contribution < -0.4 is 0 Å². The number of hydrogen-bond donors (Lipinski definition) is 0. The lowest BCUT2D eigenvalue weighted by Crippen LogP contribution is -1.78. The van der Waals surface area contributed by atoms with Crippen molar-refractivity contribution in [3.05, 3.63) is 34.9 Å². The maximum absolute atomic E-state index is 5.80. The summed E-state index contributed by atoms with van der Waals surface area (Å²) in [4.78, 5) is 0. The molecule has 1 aliphatic heterocycles. The van der Waals surface area contributed by atoms with Crippen molar-refractivity contribution in [1.82, 2.24) is 0 Å². The summed E-state index contributed by atoms with van der Waals surface area (Å²) in [5.74, 6) is 0.693. The van der Waals surface area contributed by atoms with E-state index in [4.69, 9.17) is 11.6 Å². The highest BCUT2D eigenvalue weighted by atomic mass is 35.5. The minimum absolute atomic E-state index is 0.693. The lowest BCUT2D eigenvalue weighted by Gasteiger charge is -1.96. The van der Waals surface area contributed by atoms with E-state index in [0.29, 0.717) is 5.82 Å². The normalized spacial score (nSPS) is 21.9. The molecular formula is C8H7BCl. The first-order valence-electron chi connectivity index (χ1n) is 3.45. The van der Waals surface area contributed by atoms with Gasteiger partial charge in [0.15, 0.2) is 0 Å². The van der Waals surface area contributed by atoms with Gasteiger partial charge in [0.2, 0.25) is 0 Å². The zero-order valence-corrected chi connectivity index (χ0v) is 6.31. The van der Waals surface area contributed by atoms with E-state index in [9.17, 15) is 0 Å². The second-order valence-electron chi connectivity index (χ2n) is 2.63. The lowest BCUT2D eigenvalue weighted by molar-refractivity contribution is 1.22. The van der Waals surface area contributed by atoms with Crippen LogP contribution >= 0.6 is 11.6 Å². The molecule has 1 aliphatic rings. The molecule has 0 aliphatic carbocycles. The molecule has 1 aromatic carbocycles. The summed E-state index contributed by atoms with van der Waals surface area (Å²) in [6.45, 7) is 0. The van der Waals surface area contributed by atoms with E-state index in [2.05, 4.69) is 13.3 Å². The van der Waals surface area contributed by atoms with E-state index < -0.39 is 0 Å². The summed E-state index contributed by atoms with van der Waals surface area (Å²) in [6, 6.07) is 8.08. The van der Waals surface area contributed by atoms with Crippen LogP contribution in [0.15, 0.2) is 24.3 Å². The molecular weight excluding hydrogens is 142 g/mol. The molecule has 1 aromatic rings. The number of rotatable bonds is 1. The SMILES string of the molecule is Clc1cccc(C2[B]C2)c1. The summed E-state index contributed by atoms with van der Waals surface area (Å²) < 4.78 is 0. The third-order valence-corrected chi connectivity index (χ3v) is 1.98. The molecule has 49 valence electrons. The average Bonchev–Trinajstić information content (AvgIpc) is 2.68. The van der Waals surface area contributed by atoms with Crippen molar-refractivity contribution in [1.29, 1.82) is 0 Å². The summed E-state index contributed by atoms with van der Waals surface area (Å²) in [5.41, 5.74) is 1.35. The molecule has 1 atom stereocenters. The molecule has 0 nitrogen and oxygen atoms in total. The van der Waals surface area contributed by atoms with Gasteiger partial charge in [-0.2, -0.15) is 0 Å². The Labute approximate surface area is 66.4 Å². The summed E-state index contributed by atoms with van der Waals surface area (Å²) in [5, 5.41) is 0.845. The van der Waals surface area contributed by atoms with Crippen LogP contribution in [0, 0.1) is 0 Å². The van der Waals surface area contributed by atoms with Gasteiger partial charge in [0, 0.05) is 5.02 Å². The fourth-order valence-corrected chi connectivity index (χ4v) is 1.28. The van der Waals surface area contributed by atoms with Crippen molar-refractivity contribution in [2.24, 2.45) is 0 Å². The smallest absolute Gasteiger partial charge is 0.0843 e. The molecule has 1 saturated heterocycles. The van der Waals surface area contributed by atoms with Gasteiger partial charge >= 0.3 is 0 Å². The summed E-state index contributed by atoms with van der Waals surface area (Å²) in [7, 11) is 2.28. The molecule has 0 aromatic heterocycles. The molecule has 1 radical (unpaired) electrons. The molecule has 10 heavy (non-hydrogen) atoms. The zero-order chi connectivity index (χ0) is 6.97. The minimum Gasteiger partial charge on any atom is -0.0843 e. The van der Waals surface area contributed by atoms with Crippen molar-refractivity contribution in [2.75, 3.05) is 0 Å². The van der Waals surface area contributed by atoms with E-state index in [1.165, 1.54) is 11.9 Å². The molecule has 2 rings (SSSR count). The van der Waals surface area contributed by atoms with Gasteiger partial charge in [-0.3, -0.25) is 0 Å². The van der Waals surface area contributed by atoms with Gasteiger partial charge < -0.3 is 0 Å². The molecule has 0 saturated carbocycles. The molecule has 0 amide bonds. The highest BCUT2D eigenvalue weighted by Gasteiger charge is 2.24. The second kappa shape index (κ2) is 2.32. The molecule has 0 spiro atoms. The Morgan fingerprint density at radius 2 is 2.30 bits per heavy atom. The van der Waals surface area contributed by atoms with Gasteiger partial charge in [-0.05, 0) is 12.1 Å². The van der Waals surface area contributed by atoms with E-state index in [-0.39, 0.29) is 0 Å². The van der Waals surface area contributed by atoms with Gasteiger partial charge in [-0.15, -0.1) is 0 Å². The predicted molar refractivity (Wildman–Crippen MR) is 44.8 cm³/mol. The maximum atomic E-state index is 5.80. The second-order valence-corrected chi connectivity index (χ2v) is 3.07. The van der Waals surface area contributed by atoms with Crippen LogP contribution in [0.2, 0.25) is 11.3 Å². The fraction of sp³-hybridized carbons (Fsp3) is 0.250. The summed E-state index contributed by atoms with van der Waals surface area (Å²) in [6.07, 6.45) is 1.22. The van der Waals surface area contributed by atoms with Crippen molar-refractivity contribution in [3.63, 3.8) is 0 Å². The molecule has 1 heterocycles. The Morgan fingerprint density at radius 3 is 2.90 bits per heavy atom. The first-order chi connectivity index (χ1) is 4.86. The molecule has 2 heteroatoms. The van der Waals surface area contributed by atoms with Crippen LogP contribution in [0.25, 0.3) is 0 Å². The third kappa shape index (κ3) is 1.19. The van der Waals surface area contributed by atoms with Crippen molar-refractivity contribution >= 4 is 18.9 Å². The van der Waals surface area contributed by atoms with Crippen LogP contribution in [0.3, 0.4) is 0 Å². The van der Waals surface area contributed by atoms with Crippen LogP contribution in [-0.4, -0.2) is 7.28 Å². The predicted octanol–water partition coefficient (Wildman–Crippen LogP) is 2.52. The van der Waals surface area contributed by atoms with Gasteiger partial charge in [0.1, 0.15) is 7.28 Å². The van der Waals surface area contributed by atoms with Gasteiger partial charge in [-0.25, -0.2) is 0 Å². The Balaban J connectivity index is 2.32. The van der Waals surface area contributed by atoms with Gasteiger partial charge in [0.25, 0.3) is 0 Å². The molecule has 1 unspecified atom stereocenters. The minimum atomic E-state index is 0.693. The first-order valence-corrected chi connectivity index (χ1v) is 3.83. The van der Waals surface area contributed by atoms with E-state index >= 15 is 0 Å². The van der Waals surface area contributed by atoms with Crippen LogP contribution in [-0.2, 0) is 0 Å². The van der Waals surface area contributed by atoms with Crippen molar-refractivity contribution in [2.45, 2.75) is 12.1 Å². The highest BCUT2D eigenvalue weighted by molar-refractivity contribution is 6.51. The zero-order valence-electron chi connectivity index (χ0n) is 5.55. The Morgan fingerprint density at radius 1 is 1.50 bits per heavy atom. The number of hydrogen-bond acceptors (Lipinski definition) is 0. The maximum Gasteiger partial charge on any atom is 0.118 e. The number of halogens is 1. The van der Waals surface area contributed by atoms with E-state index in [0.717, 1.165) is 5.02 Å². The monoisotopic (exact) mass is 149 g/mol. The first kappa shape index (κ1) is 6.30. The standard InChI is InChI=1S/C8H7BCl/c10-7-3-1-2-6(4-7)8-5-9-8/h1-4,8H,5H2. The fourth-order valence-electron chi connectivity index (χ4n) is 1.08. The topological polar surface area (TPSA) is 0 Å². The summed E-state index contributed by atoms with van der Waals surface area (Å²) >= 11 is 5.80. The highest BCUT2D eigenvalue weighted by Crippen LogP contribution is 2.33. The van der Waals surface area contributed by atoms with Gasteiger partial charge in [0.05, 0.1) is 0 Å². The molecule has 0 N–H and O–H groups in total. The van der Waals surface area contributed by atoms with Crippen molar-refractivity contribution in [3.8, 4) is 0 Å². The largest absolute Gasteiger partial charge is 0.118 e. The van der Waals surface area contributed by atoms with E-state index in [1.807, 2.05) is 18.2 Å². The Kier molecular flexibility index (Phi) is 1.46. The van der Waals surface area contributed by atoms with E-state index in [1.54, 1.807) is 0 Å². The Hall–Kier alpha value is -0.425. The lowest BCUT2D eigenvalue weighted by atomic mass is 9.96. The quantitative estimate of drug-likeness (QED) is 0.538. The Bertz CT molecular complexity index is 243. The van der Waals surface area contributed by atoms with Crippen LogP contribution in [0.5, 0.6) is 0 Å². The van der Waals surface area contributed by atoms with Crippen LogP contribution in [0.1, 0.15) is 11.4 Å². The molecule has 1 fully saturated rings. The average molecular weight is 149 g/mol. The van der Waals surface area contributed by atoms with Gasteiger partial charge in [-0.1, -0.05) is 41.4 Å². The third-order valence-electron chi connectivity index (χ3n) is 1.75.